The van der Waals surface area contributed by atoms with Crippen molar-refractivity contribution in [1.82, 2.24) is 4.57 Å². The summed E-state index contributed by atoms with van der Waals surface area (Å²) in [5.74, 6) is 0.937. The van der Waals surface area contributed by atoms with Gasteiger partial charge in [-0.25, -0.2) is 0 Å². The average Bonchev–Trinajstić information content (AvgIpc) is 2.90. The molecule has 0 spiro atoms. The van der Waals surface area contributed by atoms with Crippen molar-refractivity contribution >= 4 is 0 Å². The molecule has 0 unspecified atom stereocenters. The fraction of sp³-hybridized carbons (Fsp3) is 0.412. The Balaban J connectivity index is 2.25. The molecule has 0 saturated carbocycles. The van der Waals surface area contributed by atoms with Crippen molar-refractivity contribution in [2.75, 3.05) is 7.11 Å². The van der Waals surface area contributed by atoms with Crippen LogP contribution in [0.5, 0.6) is 5.75 Å². The lowest BCUT2D eigenvalue weighted by Gasteiger charge is -2.20. The van der Waals surface area contributed by atoms with E-state index in [1.165, 1.54) is 22.4 Å². The molecule has 1 aliphatic carbocycles. The van der Waals surface area contributed by atoms with E-state index in [1.807, 2.05) is 0 Å². The first kappa shape index (κ1) is 12.3. The molecule has 0 bridgehead atoms. The van der Waals surface area contributed by atoms with Gasteiger partial charge in [-0.15, -0.1) is 0 Å². The molecule has 1 aliphatic rings. The third-order valence-corrected chi connectivity index (χ3v) is 4.26. The summed E-state index contributed by atoms with van der Waals surface area (Å²) in [5, 5.41) is 0. The molecule has 0 N–H and O–H groups in total. The van der Waals surface area contributed by atoms with Crippen molar-refractivity contribution in [3.8, 4) is 17.0 Å². The third-order valence-electron chi connectivity index (χ3n) is 4.26. The van der Waals surface area contributed by atoms with Gasteiger partial charge in [0, 0.05) is 23.7 Å². The van der Waals surface area contributed by atoms with E-state index in [0.717, 1.165) is 18.7 Å². The second-order valence-corrected chi connectivity index (χ2v) is 5.81. The smallest absolute Gasteiger partial charge is 0.119 e. The minimum atomic E-state index is 0.0932. The molecule has 0 atom stereocenters. The molecule has 0 fully saturated rings. The largest absolute Gasteiger partial charge is 0.497 e. The number of fused-ring (bicyclic) bond motifs is 3. The summed E-state index contributed by atoms with van der Waals surface area (Å²) in [6.45, 7) is 7.90. The highest BCUT2D eigenvalue weighted by atomic mass is 16.5. The lowest BCUT2D eigenvalue weighted by molar-refractivity contribution is 0.414. The van der Waals surface area contributed by atoms with Crippen molar-refractivity contribution in [2.45, 2.75) is 39.2 Å². The number of benzene rings is 1. The minimum Gasteiger partial charge on any atom is -0.497 e. The normalized spacial score (nSPS) is 15.2. The van der Waals surface area contributed by atoms with Gasteiger partial charge in [0.25, 0.3) is 0 Å². The molecule has 100 valence electrons. The summed E-state index contributed by atoms with van der Waals surface area (Å²) in [5.41, 5.74) is 5.64. The number of aryl methyl sites for hydroxylation is 1. The molecule has 2 aromatic rings. The van der Waals surface area contributed by atoms with E-state index in [4.69, 9.17) is 4.74 Å². The van der Waals surface area contributed by atoms with Gasteiger partial charge in [0.15, 0.2) is 0 Å². The molecule has 0 saturated heterocycles. The first-order chi connectivity index (χ1) is 9.09. The Morgan fingerprint density at radius 3 is 2.63 bits per heavy atom. The van der Waals surface area contributed by atoms with Gasteiger partial charge in [0.2, 0.25) is 0 Å². The van der Waals surface area contributed by atoms with Crippen LogP contribution < -0.4 is 4.74 Å². The molecule has 2 heteroatoms. The number of hydrogen-bond acceptors (Lipinski definition) is 1. The van der Waals surface area contributed by atoms with Crippen LogP contribution in [0.1, 0.15) is 38.3 Å². The van der Waals surface area contributed by atoms with Crippen LogP contribution in [-0.2, 0) is 12.0 Å². The Hall–Kier alpha value is -1.70. The zero-order valence-corrected chi connectivity index (χ0v) is 12.2. The first-order valence-corrected chi connectivity index (χ1v) is 6.98. The van der Waals surface area contributed by atoms with E-state index in [2.05, 4.69) is 55.8 Å². The van der Waals surface area contributed by atoms with Gasteiger partial charge in [-0.2, -0.15) is 0 Å². The standard InChI is InChI=1S/C17H21NO/c1-5-9-18-10-8-15-16(18)13-11-12(19-4)6-7-14(13)17(15,2)3/h6-8,10-11H,5,9H2,1-4H3. The molecule has 1 heterocycles. The fourth-order valence-corrected chi connectivity index (χ4v) is 3.24. The van der Waals surface area contributed by atoms with Gasteiger partial charge >= 0.3 is 0 Å². The highest BCUT2D eigenvalue weighted by molar-refractivity contribution is 5.79. The number of nitrogens with zero attached hydrogens (tertiary/aromatic N) is 1. The number of hydrogen-bond donors (Lipinski definition) is 0. The predicted octanol–water partition coefficient (Wildman–Crippen LogP) is 4.21. The van der Waals surface area contributed by atoms with Crippen LogP contribution in [0.4, 0.5) is 0 Å². The van der Waals surface area contributed by atoms with Crippen molar-refractivity contribution in [3.63, 3.8) is 0 Å². The molecule has 3 rings (SSSR count). The minimum absolute atomic E-state index is 0.0932. The van der Waals surface area contributed by atoms with Crippen LogP contribution in [0.25, 0.3) is 11.3 Å². The molecule has 0 radical (unpaired) electrons. The maximum Gasteiger partial charge on any atom is 0.119 e. The Kier molecular flexibility index (Phi) is 2.70. The van der Waals surface area contributed by atoms with E-state index >= 15 is 0 Å². The van der Waals surface area contributed by atoms with E-state index in [-0.39, 0.29) is 5.41 Å². The highest BCUT2D eigenvalue weighted by Crippen LogP contribution is 2.50. The molecule has 0 aliphatic heterocycles. The van der Waals surface area contributed by atoms with Crippen LogP contribution in [0, 0.1) is 0 Å². The summed E-state index contributed by atoms with van der Waals surface area (Å²) in [6, 6.07) is 8.73. The van der Waals surface area contributed by atoms with Crippen molar-refractivity contribution in [1.29, 1.82) is 0 Å². The Labute approximate surface area is 115 Å². The van der Waals surface area contributed by atoms with Gasteiger partial charge in [0.05, 0.1) is 12.8 Å². The van der Waals surface area contributed by atoms with E-state index in [1.54, 1.807) is 7.11 Å². The Morgan fingerprint density at radius 2 is 1.95 bits per heavy atom. The van der Waals surface area contributed by atoms with Crippen molar-refractivity contribution in [3.05, 3.63) is 41.6 Å². The van der Waals surface area contributed by atoms with Crippen molar-refractivity contribution in [2.24, 2.45) is 0 Å². The zero-order chi connectivity index (χ0) is 13.6. The molecular formula is C17H21NO. The number of rotatable bonds is 3. The highest BCUT2D eigenvalue weighted by Gasteiger charge is 2.37. The monoisotopic (exact) mass is 255 g/mol. The summed E-state index contributed by atoms with van der Waals surface area (Å²) in [6.07, 6.45) is 3.37. The molecule has 19 heavy (non-hydrogen) atoms. The quantitative estimate of drug-likeness (QED) is 0.801. The molecule has 2 nitrogen and oxygen atoms in total. The maximum atomic E-state index is 5.39. The maximum absolute atomic E-state index is 5.39. The van der Waals surface area contributed by atoms with Crippen LogP contribution in [0.2, 0.25) is 0 Å². The summed E-state index contributed by atoms with van der Waals surface area (Å²) in [7, 11) is 1.73. The fourth-order valence-electron chi connectivity index (χ4n) is 3.24. The molecule has 1 aromatic heterocycles. The Morgan fingerprint density at radius 1 is 1.16 bits per heavy atom. The summed E-state index contributed by atoms with van der Waals surface area (Å²) >= 11 is 0. The third kappa shape index (κ3) is 1.62. The van der Waals surface area contributed by atoms with Crippen molar-refractivity contribution < 1.29 is 4.74 Å². The first-order valence-electron chi connectivity index (χ1n) is 6.98. The summed E-state index contributed by atoms with van der Waals surface area (Å²) < 4.78 is 7.77. The SMILES string of the molecule is CCCn1ccc2c1-c1cc(OC)ccc1C2(C)C. The van der Waals surface area contributed by atoms with E-state index in [9.17, 15) is 0 Å². The van der Waals surface area contributed by atoms with Gasteiger partial charge in [-0.1, -0.05) is 26.8 Å². The van der Waals surface area contributed by atoms with E-state index < -0.39 is 0 Å². The lowest BCUT2D eigenvalue weighted by atomic mass is 9.83. The number of ether oxygens (including phenoxy) is 1. The number of aromatic nitrogens is 1. The van der Waals surface area contributed by atoms with Crippen LogP contribution in [0.15, 0.2) is 30.5 Å². The molecular weight excluding hydrogens is 234 g/mol. The average molecular weight is 255 g/mol. The van der Waals surface area contributed by atoms with Crippen LogP contribution >= 0.6 is 0 Å². The molecule has 1 aromatic carbocycles. The number of methoxy groups -OCH3 is 1. The topological polar surface area (TPSA) is 14.2 Å². The van der Waals surface area contributed by atoms with Crippen LogP contribution in [-0.4, -0.2) is 11.7 Å². The van der Waals surface area contributed by atoms with Gasteiger partial charge in [-0.05, 0) is 35.7 Å². The predicted molar refractivity (Wildman–Crippen MR) is 78.8 cm³/mol. The zero-order valence-electron chi connectivity index (χ0n) is 12.2. The van der Waals surface area contributed by atoms with Crippen LogP contribution in [0.3, 0.4) is 0 Å². The van der Waals surface area contributed by atoms with E-state index in [0.29, 0.717) is 0 Å². The second kappa shape index (κ2) is 4.16. The van der Waals surface area contributed by atoms with Gasteiger partial charge in [-0.3, -0.25) is 0 Å². The van der Waals surface area contributed by atoms with Gasteiger partial charge in [0.1, 0.15) is 5.75 Å². The lowest BCUT2D eigenvalue weighted by Crippen LogP contribution is -2.14. The second-order valence-electron chi connectivity index (χ2n) is 5.81. The molecule has 0 amide bonds. The van der Waals surface area contributed by atoms with Gasteiger partial charge < -0.3 is 9.30 Å². The Bertz CT molecular complexity index is 622. The summed E-state index contributed by atoms with van der Waals surface area (Å²) in [4.78, 5) is 0.